The first kappa shape index (κ1) is 14.2. The second-order valence-electron chi connectivity index (χ2n) is 5.62. The molecular formula is C12H21ClOSSi. The second kappa shape index (κ2) is 5.21. The van der Waals surface area contributed by atoms with Gasteiger partial charge in [-0.1, -0.05) is 32.4 Å². The van der Waals surface area contributed by atoms with Crippen LogP contribution in [-0.2, 0) is 10.8 Å². The SMILES string of the molecule is CC(C)(C)[Si](C)(C)OCCc1csc(Cl)c1. The van der Waals surface area contributed by atoms with Gasteiger partial charge in [0.1, 0.15) is 0 Å². The monoisotopic (exact) mass is 276 g/mol. The van der Waals surface area contributed by atoms with Gasteiger partial charge in [-0.05, 0) is 41.6 Å². The molecule has 92 valence electrons. The van der Waals surface area contributed by atoms with Gasteiger partial charge in [-0.25, -0.2) is 0 Å². The molecule has 0 aliphatic carbocycles. The van der Waals surface area contributed by atoms with Crippen LogP contribution in [0.3, 0.4) is 0 Å². The molecule has 1 rings (SSSR count). The van der Waals surface area contributed by atoms with Crippen molar-refractivity contribution in [3.05, 3.63) is 21.3 Å². The van der Waals surface area contributed by atoms with Crippen LogP contribution in [0.1, 0.15) is 26.3 Å². The highest BCUT2D eigenvalue weighted by Gasteiger charge is 2.36. The van der Waals surface area contributed by atoms with E-state index in [0.29, 0.717) is 5.04 Å². The molecule has 0 aliphatic rings. The first-order chi connectivity index (χ1) is 7.22. The van der Waals surface area contributed by atoms with Gasteiger partial charge in [0.25, 0.3) is 0 Å². The topological polar surface area (TPSA) is 9.23 Å². The third-order valence-electron chi connectivity index (χ3n) is 3.28. The highest BCUT2D eigenvalue weighted by Crippen LogP contribution is 2.36. The van der Waals surface area contributed by atoms with Crippen molar-refractivity contribution in [2.45, 2.75) is 45.3 Å². The Labute approximate surface area is 109 Å². The van der Waals surface area contributed by atoms with Gasteiger partial charge in [-0.3, -0.25) is 0 Å². The highest BCUT2D eigenvalue weighted by atomic mass is 35.5. The Hall–Kier alpha value is 0.167. The summed E-state index contributed by atoms with van der Waals surface area (Å²) in [4.78, 5) is 0. The van der Waals surface area contributed by atoms with E-state index in [0.717, 1.165) is 17.4 Å². The molecule has 0 aliphatic heterocycles. The minimum atomic E-state index is -1.58. The molecule has 0 radical (unpaired) electrons. The van der Waals surface area contributed by atoms with Gasteiger partial charge < -0.3 is 4.43 Å². The van der Waals surface area contributed by atoms with Crippen LogP contribution in [0.2, 0.25) is 22.5 Å². The summed E-state index contributed by atoms with van der Waals surface area (Å²) in [5, 5.41) is 2.40. The van der Waals surface area contributed by atoms with Crippen molar-refractivity contribution >= 4 is 31.3 Å². The summed E-state index contributed by atoms with van der Waals surface area (Å²) in [5.74, 6) is 0. The van der Waals surface area contributed by atoms with Crippen molar-refractivity contribution in [2.24, 2.45) is 0 Å². The molecule has 0 saturated heterocycles. The number of hydrogen-bond acceptors (Lipinski definition) is 2. The number of halogens is 1. The van der Waals surface area contributed by atoms with Crippen LogP contribution < -0.4 is 0 Å². The summed E-state index contributed by atoms with van der Waals surface area (Å²) in [6.45, 7) is 12.2. The molecule has 0 aromatic carbocycles. The van der Waals surface area contributed by atoms with Crippen LogP contribution >= 0.6 is 22.9 Å². The Morgan fingerprint density at radius 2 is 2.00 bits per heavy atom. The molecule has 16 heavy (non-hydrogen) atoms. The van der Waals surface area contributed by atoms with E-state index < -0.39 is 8.32 Å². The zero-order valence-electron chi connectivity index (χ0n) is 10.8. The summed E-state index contributed by atoms with van der Waals surface area (Å²) in [7, 11) is -1.58. The molecular weight excluding hydrogens is 256 g/mol. The zero-order valence-corrected chi connectivity index (χ0v) is 13.3. The molecule has 0 N–H and O–H groups in total. The number of thiophene rings is 1. The Morgan fingerprint density at radius 3 is 2.44 bits per heavy atom. The second-order valence-corrected chi connectivity index (χ2v) is 12.0. The van der Waals surface area contributed by atoms with E-state index in [4.69, 9.17) is 16.0 Å². The van der Waals surface area contributed by atoms with Crippen LogP contribution in [0.15, 0.2) is 11.4 Å². The average molecular weight is 277 g/mol. The molecule has 0 saturated carbocycles. The Morgan fingerprint density at radius 1 is 1.38 bits per heavy atom. The molecule has 1 heterocycles. The molecule has 0 amide bonds. The lowest BCUT2D eigenvalue weighted by Crippen LogP contribution is -2.41. The smallest absolute Gasteiger partial charge is 0.191 e. The van der Waals surface area contributed by atoms with Crippen LogP contribution in [0.5, 0.6) is 0 Å². The lowest BCUT2D eigenvalue weighted by molar-refractivity contribution is 0.292. The van der Waals surface area contributed by atoms with Crippen molar-refractivity contribution < 1.29 is 4.43 Å². The third-order valence-corrected chi connectivity index (χ3v) is 8.96. The van der Waals surface area contributed by atoms with Gasteiger partial charge >= 0.3 is 0 Å². The highest BCUT2D eigenvalue weighted by molar-refractivity contribution is 7.14. The first-order valence-electron chi connectivity index (χ1n) is 5.59. The molecule has 1 aromatic heterocycles. The molecule has 0 spiro atoms. The first-order valence-corrected chi connectivity index (χ1v) is 9.76. The maximum Gasteiger partial charge on any atom is 0.191 e. The quantitative estimate of drug-likeness (QED) is 0.706. The van der Waals surface area contributed by atoms with E-state index in [1.807, 2.05) is 6.07 Å². The predicted octanol–water partition coefficient (Wildman–Crippen LogP) is 4.97. The minimum absolute atomic E-state index is 0.291. The predicted molar refractivity (Wildman–Crippen MR) is 76.2 cm³/mol. The molecule has 1 aromatic rings. The van der Waals surface area contributed by atoms with Gasteiger partial charge in [0.15, 0.2) is 8.32 Å². The van der Waals surface area contributed by atoms with Gasteiger partial charge in [0.05, 0.1) is 4.34 Å². The molecule has 4 heteroatoms. The molecule has 0 atom stereocenters. The fourth-order valence-corrected chi connectivity index (χ4v) is 3.11. The molecule has 1 nitrogen and oxygen atoms in total. The summed E-state index contributed by atoms with van der Waals surface area (Å²) in [6, 6.07) is 2.03. The van der Waals surface area contributed by atoms with E-state index in [-0.39, 0.29) is 0 Å². The minimum Gasteiger partial charge on any atom is -0.416 e. The fourth-order valence-electron chi connectivity index (χ4n) is 1.12. The van der Waals surface area contributed by atoms with Crippen molar-refractivity contribution in [3.8, 4) is 0 Å². The summed E-state index contributed by atoms with van der Waals surface area (Å²) < 4.78 is 6.97. The van der Waals surface area contributed by atoms with Crippen LogP contribution in [0, 0.1) is 0 Å². The molecule has 0 unspecified atom stereocenters. The number of rotatable bonds is 4. The average Bonchev–Trinajstić information content (AvgIpc) is 2.49. The van der Waals surface area contributed by atoms with E-state index in [1.165, 1.54) is 5.56 Å². The van der Waals surface area contributed by atoms with Crippen molar-refractivity contribution in [2.75, 3.05) is 6.61 Å². The molecule has 0 bridgehead atoms. The lowest BCUT2D eigenvalue weighted by atomic mass is 10.2. The fraction of sp³-hybridized carbons (Fsp3) is 0.667. The van der Waals surface area contributed by atoms with Gasteiger partial charge in [-0.15, -0.1) is 11.3 Å². The van der Waals surface area contributed by atoms with Crippen LogP contribution in [-0.4, -0.2) is 14.9 Å². The third kappa shape index (κ3) is 3.88. The van der Waals surface area contributed by atoms with E-state index in [2.05, 4.69) is 39.2 Å². The number of hydrogen-bond donors (Lipinski definition) is 0. The Balaban J connectivity index is 2.41. The zero-order chi connectivity index (χ0) is 12.4. The van der Waals surface area contributed by atoms with Gasteiger partial charge in [0.2, 0.25) is 0 Å². The maximum atomic E-state index is 6.11. The van der Waals surface area contributed by atoms with Crippen molar-refractivity contribution in [3.63, 3.8) is 0 Å². The summed E-state index contributed by atoms with van der Waals surface area (Å²) in [6.07, 6.45) is 0.968. The van der Waals surface area contributed by atoms with Gasteiger partial charge in [-0.2, -0.15) is 0 Å². The van der Waals surface area contributed by atoms with Crippen molar-refractivity contribution in [1.82, 2.24) is 0 Å². The lowest BCUT2D eigenvalue weighted by Gasteiger charge is -2.36. The Bertz CT molecular complexity index is 341. The Kier molecular flexibility index (Phi) is 4.64. The van der Waals surface area contributed by atoms with Gasteiger partial charge in [0, 0.05) is 6.61 Å². The molecule has 0 fully saturated rings. The van der Waals surface area contributed by atoms with E-state index in [1.54, 1.807) is 11.3 Å². The van der Waals surface area contributed by atoms with E-state index in [9.17, 15) is 0 Å². The van der Waals surface area contributed by atoms with Crippen molar-refractivity contribution in [1.29, 1.82) is 0 Å². The maximum absolute atomic E-state index is 6.11. The summed E-state index contributed by atoms with van der Waals surface area (Å²) in [5.41, 5.74) is 1.29. The standard InChI is InChI=1S/C12H21ClOSSi/c1-12(2,3)16(4,5)14-7-6-10-8-11(13)15-9-10/h8-9H,6-7H2,1-5H3. The normalized spacial score (nSPS) is 13.1. The largest absolute Gasteiger partial charge is 0.416 e. The van der Waals surface area contributed by atoms with Crippen LogP contribution in [0.4, 0.5) is 0 Å². The summed E-state index contributed by atoms with van der Waals surface area (Å²) >= 11 is 7.48. The van der Waals surface area contributed by atoms with E-state index >= 15 is 0 Å². The van der Waals surface area contributed by atoms with Crippen LogP contribution in [0.25, 0.3) is 0 Å².